The van der Waals surface area contributed by atoms with Crippen molar-refractivity contribution in [2.45, 2.75) is 19.5 Å². The highest BCUT2D eigenvalue weighted by Crippen LogP contribution is 2.32. The molecule has 0 atom stereocenters. The maximum absolute atomic E-state index is 12.4. The first-order chi connectivity index (χ1) is 8.91. The summed E-state index contributed by atoms with van der Waals surface area (Å²) in [6.45, 7) is 1.72. The van der Waals surface area contributed by atoms with Crippen molar-refractivity contribution in [1.29, 1.82) is 5.26 Å². The topological polar surface area (TPSA) is 36.9 Å². The fourth-order valence-corrected chi connectivity index (χ4v) is 1.75. The van der Waals surface area contributed by atoms with E-state index in [0.717, 1.165) is 17.7 Å². The van der Waals surface area contributed by atoms with E-state index in [9.17, 15) is 13.2 Å². The minimum absolute atomic E-state index is 0.218. The Hall–Kier alpha value is -2.22. The zero-order chi connectivity index (χ0) is 14.0. The third-order valence-electron chi connectivity index (χ3n) is 2.79. The van der Waals surface area contributed by atoms with Gasteiger partial charge in [0, 0.05) is 11.1 Å². The summed E-state index contributed by atoms with van der Waals surface area (Å²) in [6.07, 6.45) is -4.13. The zero-order valence-electron chi connectivity index (χ0n) is 10.1. The minimum atomic E-state index is -4.34. The molecule has 0 fully saturated rings. The summed E-state index contributed by atoms with van der Waals surface area (Å²) >= 11 is 0. The highest BCUT2D eigenvalue weighted by atomic mass is 19.4. The Morgan fingerprint density at radius 3 is 2.37 bits per heavy atom. The van der Waals surface area contributed by atoms with Gasteiger partial charge >= 0.3 is 6.18 Å². The quantitative estimate of drug-likeness (QED) is 0.809. The van der Waals surface area contributed by atoms with Gasteiger partial charge in [-0.05, 0) is 25.1 Å². The highest BCUT2D eigenvalue weighted by molar-refractivity contribution is 5.59. The van der Waals surface area contributed by atoms with Crippen LogP contribution in [0.5, 0.6) is 0 Å². The number of hydrogen-bond acceptors (Lipinski definition) is 2. The molecule has 1 aromatic heterocycles. The lowest BCUT2D eigenvalue weighted by Crippen LogP contribution is -2.03. The monoisotopic (exact) mass is 265 g/mol. The molecule has 0 radical (unpaired) electrons. The number of nitriles is 1. The number of furan rings is 1. The SMILES string of the molecule is Cc1oc(-c2ccc(C(F)(F)F)cc2)cc1CC#N. The molecular formula is C14H10F3NO. The molecule has 0 amide bonds. The molecule has 2 aromatic rings. The van der Waals surface area contributed by atoms with E-state index < -0.39 is 11.7 Å². The number of aryl methyl sites for hydroxylation is 1. The molecule has 0 aliphatic rings. The van der Waals surface area contributed by atoms with Crippen molar-refractivity contribution in [2.24, 2.45) is 0 Å². The Kier molecular flexibility index (Phi) is 3.34. The highest BCUT2D eigenvalue weighted by Gasteiger charge is 2.30. The van der Waals surface area contributed by atoms with Gasteiger partial charge in [0.15, 0.2) is 0 Å². The fraction of sp³-hybridized carbons (Fsp3) is 0.214. The summed E-state index contributed by atoms with van der Waals surface area (Å²) in [5.41, 5.74) is 0.606. The molecule has 5 heteroatoms. The first-order valence-electron chi connectivity index (χ1n) is 5.55. The Morgan fingerprint density at radius 2 is 1.84 bits per heavy atom. The second kappa shape index (κ2) is 4.81. The van der Waals surface area contributed by atoms with Crippen LogP contribution in [0.2, 0.25) is 0 Å². The summed E-state index contributed by atoms with van der Waals surface area (Å²) in [5, 5.41) is 8.63. The van der Waals surface area contributed by atoms with Crippen LogP contribution in [0.25, 0.3) is 11.3 Å². The standard InChI is InChI=1S/C14H10F3NO/c1-9-11(6-7-18)8-13(19-9)10-2-4-12(5-3-10)14(15,16)17/h2-5,8H,6H2,1H3. The van der Waals surface area contributed by atoms with Gasteiger partial charge < -0.3 is 4.42 Å². The molecule has 2 nitrogen and oxygen atoms in total. The second-order valence-electron chi connectivity index (χ2n) is 4.10. The number of rotatable bonds is 2. The molecule has 0 spiro atoms. The van der Waals surface area contributed by atoms with Crippen molar-refractivity contribution in [2.75, 3.05) is 0 Å². The van der Waals surface area contributed by atoms with Gasteiger partial charge in [0.2, 0.25) is 0 Å². The van der Waals surface area contributed by atoms with Crippen molar-refractivity contribution >= 4 is 0 Å². The van der Waals surface area contributed by atoms with E-state index >= 15 is 0 Å². The average Bonchev–Trinajstić information content (AvgIpc) is 2.71. The molecule has 1 heterocycles. The third kappa shape index (κ3) is 2.79. The molecule has 1 aromatic carbocycles. The smallest absolute Gasteiger partial charge is 0.416 e. The maximum Gasteiger partial charge on any atom is 0.416 e. The van der Waals surface area contributed by atoms with Crippen LogP contribution in [-0.4, -0.2) is 0 Å². The van der Waals surface area contributed by atoms with Crippen LogP contribution < -0.4 is 0 Å². The number of nitrogens with zero attached hydrogens (tertiary/aromatic N) is 1. The molecular weight excluding hydrogens is 255 g/mol. The zero-order valence-corrected chi connectivity index (χ0v) is 10.1. The van der Waals surface area contributed by atoms with Crippen molar-refractivity contribution in [1.82, 2.24) is 0 Å². The van der Waals surface area contributed by atoms with E-state index in [1.165, 1.54) is 12.1 Å². The van der Waals surface area contributed by atoms with Gasteiger partial charge in [0.05, 0.1) is 18.1 Å². The summed E-state index contributed by atoms with van der Waals surface area (Å²) < 4.78 is 42.7. The van der Waals surface area contributed by atoms with E-state index in [4.69, 9.17) is 9.68 Å². The van der Waals surface area contributed by atoms with Crippen LogP contribution in [0.1, 0.15) is 16.9 Å². The van der Waals surface area contributed by atoms with E-state index in [1.54, 1.807) is 13.0 Å². The van der Waals surface area contributed by atoms with Gasteiger partial charge in [-0.3, -0.25) is 0 Å². The van der Waals surface area contributed by atoms with Crippen LogP contribution >= 0.6 is 0 Å². The molecule has 98 valence electrons. The Labute approximate surface area is 108 Å². The summed E-state index contributed by atoms with van der Waals surface area (Å²) in [4.78, 5) is 0. The molecule has 0 aliphatic carbocycles. The molecule has 0 bridgehead atoms. The van der Waals surface area contributed by atoms with Crippen LogP contribution in [0, 0.1) is 18.3 Å². The lowest BCUT2D eigenvalue weighted by Gasteiger charge is -2.06. The van der Waals surface area contributed by atoms with E-state index in [2.05, 4.69) is 0 Å². The predicted octanol–water partition coefficient (Wildman–Crippen LogP) is 4.34. The lowest BCUT2D eigenvalue weighted by atomic mass is 10.1. The van der Waals surface area contributed by atoms with Gasteiger partial charge in [0.25, 0.3) is 0 Å². The van der Waals surface area contributed by atoms with E-state index in [1.807, 2.05) is 6.07 Å². The Bertz CT molecular complexity index is 618. The summed E-state index contributed by atoms with van der Waals surface area (Å²) in [5.74, 6) is 1.08. The summed E-state index contributed by atoms with van der Waals surface area (Å²) in [7, 11) is 0. The third-order valence-corrected chi connectivity index (χ3v) is 2.79. The van der Waals surface area contributed by atoms with Crippen LogP contribution in [-0.2, 0) is 12.6 Å². The Morgan fingerprint density at radius 1 is 1.21 bits per heavy atom. The van der Waals surface area contributed by atoms with Crippen LogP contribution in [0.15, 0.2) is 34.7 Å². The van der Waals surface area contributed by atoms with Gasteiger partial charge in [-0.25, -0.2) is 0 Å². The molecule has 0 N–H and O–H groups in total. The van der Waals surface area contributed by atoms with Gasteiger partial charge in [-0.15, -0.1) is 0 Å². The van der Waals surface area contributed by atoms with Crippen molar-refractivity contribution in [3.8, 4) is 17.4 Å². The van der Waals surface area contributed by atoms with Gasteiger partial charge in [-0.1, -0.05) is 12.1 Å². The van der Waals surface area contributed by atoms with Crippen LogP contribution in [0.4, 0.5) is 13.2 Å². The fourth-order valence-electron chi connectivity index (χ4n) is 1.75. The van der Waals surface area contributed by atoms with Gasteiger partial charge in [-0.2, -0.15) is 18.4 Å². The van der Waals surface area contributed by atoms with Crippen molar-refractivity contribution in [3.05, 3.63) is 47.2 Å². The molecule has 0 saturated heterocycles. The maximum atomic E-state index is 12.4. The molecule has 0 unspecified atom stereocenters. The molecule has 2 rings (SSSR count). The first kappa shape index (κ1) is 13.2. The van der Waals surface area contributed by atoms with Gasteiger partial charge in [0.1, 0.15) is 11.5 Å². The summed E-state index contributed by atoms with van der Waals surface area (Å²) in [6, 6.07) is 8.43. The predicted molar refractivity (Wildman–Crippen MR) is 63.2 cm³/mol. The first-order valence-corrected chi connectivity index (χ1v) is 5.55. The second-order valence-corrected chi connectivity index (χ2v) is 4.10. The van der Waals surface area contributed by atoms with E-state index in [-0.39, 0.29) is 6.42 Å². The van der Waals surface area contributed by atoms with E-state index in [0.29, 0.717) is 17.1 Å². The molecule has 0 saturated carbocycles. The molecule has 0 aliphatic heterocycles. The number of alkyl halides is 3. The molecule has 19 heavy (non-hydrogen) atoms. The largest absolute Gasteiger partial charge is 0.461 e. The van der Waals surface area contributed by atoms with Crippen LogP contribution in [0.3, 0.4) is 0 Å². The average molecular weight is 265 g/mol. The number of benzene rings is 1. The van der Waals surface area contributed by atoms with Crippen molar-refractivity contribution < 1.29 is 17.6 Å². The number of halogens is 3. The lowest BCUT2D eigenvalue weighted by molar-refractivity contribution is -0.137. The Balaban J connectivity index is 2.33. The minimum Gasteiger partial charge on any atom is -0.461 e. The number of hydrogen-bond donors (Lipinski definition) is 0. The van der Waals surface area contributed by atoms with Crippen molar-refractivity contribution in [3.63, 3.8) is 0 Å². The normalized spacial score (nSPS) is 11.3.